The molecular weight excluding hydrogens is 292 g/mol. The van der Waals surface area contributed by atoms with E-state index in [0.29, 0.717) is 18.5 Å². The number of amides is 2. The van der Waals surface area contributed by atoms with E-state index in [1.807, 2.05) is 32.2 Å². The first-order valence-corrected chi connectivity index (χ1v) is 7.74. The van der Waals surface area contributed by atoms with Crippen LogP contribution in [0.2, 0.25) is 0 Å². The van der Waals surface area contributed by atoms with Gasteiger partial charge in [0.05, 0.1) is 11.3 Å². The molecule has 0 atom stereocenters. The fraction of sp³-hybridized carbons (Fsp3) is 0.353. The van der Waals surface area contributed by atoms with Crippen LogP contribution in [0, 0.1) is 0 Å². The van der Waals surface area contributed by atoms with Crippen molar-refractivity contribution in [1.82, 2.24) is 9.78 Å². The zero-order chi connectivity index (χ0) is 16.6. The normalized spacial score (nSPS) is 13.1. The number of hydrogen-bond donors (Lipinski definition) is 1. The van der Waals surface area contributed by atoms with E-state index in [-0.39, 0.29) is 11.8 Å². The lowest BCUT2D eigenvalue weighted by Crippen LogP contribution is -2.25. The second-order valence-electron chi connectivity index (χ2n) is 5.73. The Balaban J connectivity index is 1.81. The molecule has 0 aliphatic carbocycles. The van der Waals surface area contributed by atoms with Crippen molar-refractivity contribution in [3.8, 4) is 0 Å². The number of benzene rings is 1. The average molecular weight is 312 g/mol. The highest BCUT2D eigenvalue weighted by atomic mass is 16.2. The highest BCUT2D eigenvalue weighted by Gasteiger charge is 2.22. The number of aromatic nitrogens is 2. The van der Waals surface area contributed by atoms with Crippen molar-refractivity contribution in [2.75, 3.05) is 16.8 Å². The molecule has 23 heavy (non-hydrogen) atoms. The second-order valence-corrected chi connectivity index (χ2v) is 5.73. The minimum absolute atomic E-state index is 0.0449. The van der Waals surface area contributed by atoms with Crippen LogP contribution in [0.15, 0.2) is 24.4 Å². The molecule has 1 N–H and O–H groups in total. The lowest BCUT2D eigenvalue weighted by atomic mass is 10.1. The lowest BCUT2D eigenvalue weighted by molar-refractivity contribution is -0.116. The highest BCUT2D eigenvalue weighted by Crippen LogP contribution is 2.30. The molecule has 2 aromatic rings. The standard InChI is InChI=1S/C17H20N4O2/c1-4-15-14(10-20(3)19-15)17(23)18-13-5-6-16-12(9-13)7-8-21(16)11(2)22/h5-6,9-10H,4,7-8H2,1-3H3,(H,18,23). The van der Waals surface area contributed by atoms with Gasteiger partial charge >= 0.3 is 0 Å². The maximum atomic E-state index is 12.5. The number of aryl methyl sites for hydroxylation is 2. The van der Waals surface area contributed by atoms with Crippen molar-refractivity contribution in [3.63, 3.8) is 0 Å². The Morgan fingerprint density at radius 1 is 1.35 bits per heavy atom. The maximum absolute atomic E-state index is 12.5. The monoisotopic (exact) mass is 312 g/mol. The number of rotatable bonds is 3. The molecule has 0 fully saturated rings. The van der Waals surface area contributed by atoms with Crippen LogP contribution in [-0.4, -0.2) is 28.1 Å². The minimum Gasteiger partial charge on any atom is -0.322 e. The molecule has 120 valence electrons. The van der Waals surface area contributed by atoms with Gasteiger partial charge in [0, 0.05) is 38.1 Å². The Hall–Kier alpha value is -2.63. The van der Waals surface area contributed by atoms with Gasteiger partial charge in [0.25, 0.3) is 5.91 Å². The highest BCUT2D eigenvalue weighted by molar-refractivity contribution is 6.05. The van der Waals surface area contributed by atoms with Gasteiger partial charge in [0.1, 0.15) is 0 Å². The molecule has 2 amide bonds. The van der Waals surface area contributed by atoms with Crippen LogP contribution in [0.3, 0.4) is 0 Å². The topological polar surface area (TPSA) is 67.2 Å². The van der Waals surface area contributed by atoms with E-state index >= 15 is 0 Å². The third kappa shape index (κ3) is 2.84. The summed E-state index contributed by atoms with van der Waals surface area (Å²) in [6, 6.07) is 5.67. The summed E-state index contributed by atoms with van der Waals surface area (Å²) in [5, 5.41) is 7.22. The number of nitrogens with one attached hydrogen (secondary N) is 1. The van der Waals surface area contributed by atoms with Crippen LogP contribution < -0.4 is 10.2 Å². The summed E-state index contributed by atoms with van der Waals surface area (Å²) >= 11 is 0. The van der Waals surface area contributed by atoms with Crippen LogP contribution in [0.5, 0.6) is 0 Å². The SMILES string of the molecule is CCc1nn(C)cc1C(=O)Nc1ccc2c(c1)CCN2C(C)=O. The summed E-state index contributed by atoms with van der Waals surface area (Å²) in [7, 11) is 1.81. The third-order valence-corrected chi connectivity index (χ3v) is 4.10. The number of anilines is 2. The summed E-state index contributed by atoms with van der Waals surface area (Å²) in [4.78, 5) is 25.8. The van der Waals surface area contributed by atoms with Gasteiger partial charge in [0.2, 0.25) is 5.91 Å². The molecule has 0 spiro atoms. The average Bonchev–Trinajstić information content (AvgIpc) is 3.09. The Kier molecular flexibility index (Phi) is 3.90. The van der Waals surface area contributed by atoms with Gasteiger partial charge in [-0.25, -0.2) is 0 Å². The fourth-order valence-electron chi connectivity index (χ4n) is 2.99. The molecule has 3 rings (SSSR count). The van der Waals surface area contributed by atoms with Crippen molar-refractivity contribution >= 4 is 23.2 Å². The van der Waals surface area contributed by atoms with Gasteiger partial charge in [-0.05, 0) is 36.6 Å². The minimum atomic E-state index is -0.156. The molecule has 1 aromatic heterocycles. The van der Waals surface area contributed by atoms with Gasteiger partial charge < -0.3 is 10.2 Å². The Morgan fingerprint density at radius 2 is 2.13 bits per heavy atom. The zero-order valence-electron chi connectivity index (χ0n) is 13.6. The first-order chi connectivity index (χ1) is 11.0. The number of hydrogen-bond acceptors (Lipinski definition) is 3. The van der Waals surface area contributed by atoms with E-state index in [1.54, 1.807) is 22.7 Å². The van der Waals surface area contributed by atoms with E-state index in [9.17, 15) is 9.59 Å². The predicted molar refractivity (Wildman–Crippen MR) is 88.7 cm³/mol. The van der Waals surface area contributed by atoms with E-state index in [0.717, 1.165) is 29.1 Å². The largest absolute Gasteiger partial charge is 0.322 e. The summed E-state index contributed by atoms with van der Waals surface area (Å²) in [5.41, 5.74) is 4.14. The predicted octanol–water partition coefficient (Wildman–Crippen LogP) is 2.14. The summed E-state index contributed by atoms with van der Waals surface area (Å²) < 4.78 is 1.65. The summed E-state index contributed by atoms with van der Waals surface area (Å²) in [5.74, 6) is -0.111. The number of carbonyl (C=O) groups excluding carboxylic acids is 2. The van der Waals surface area contributed by atoms with Gasteiger partial charge in [-0.1, -0.05) is 6.92 Å². The second kappa shape index (κ2) is 5.87. The van der Waals surface area contributed by atoms with Crippen LogP contribution in [0.25, 0.3) is 0 Å². The van der Waals surface area contributed by atoms with Gasteiger partial charge in [-0.3, -0.25) is 14.3 Å². The molecule has 0 bridgehead atoms. The van der Waals surface area contributed by atoms with Crippen LogP contribution in [-0.2, 0) is 24.7 Å². The van der Waals surface area contributed by atoms with Gasteiger partial charge in [-0.15, -0.1) is 0 Å². The number of carbonyl (C=O) groups is 2. The molecule has 0 unspecified atom stereocenters. The van der Waals surface area contributed by atoms with Crippen molar-refractivity contribution < 1.29 is 9.59 Å². The molecule has 6 heteroatoms. The van der Waals surface area contributed by atoms with Gasteiger partial charge in [0.15, 0.2) is 0 Å². The number of nitrogens with zero attached hydrogens (tertiary/aromatic N) is 3. The van der Waals surface area contributed by atoms with E-state index in [2.05, 4.69) is 10.4 Å². The molecule has 1 aliphatic rings. The Bertz CT molecular complexity index is 779. The third-order valence-electron chi connectivity index (χ3n) is 4.10. The van der Waals surface area contributed by atoms with Crippen LogP contribution >= 0.6 is 0 Å². The van der Waals surface area contributed by atoms with Crippen LogP contribution in [0.4, 0.5) is 11.4 Å². The summed E-state index contributed by atoms with van der Waals surface area (Å²) in [6.07, 6.45) is 3.26. The smallest absolute Gasteiger partial charge is 0.259 e. The Morgan fingerprint density at radius 3 is 2.83 bits per heavy atom. The zero-order valence-corrected chi connectivity index (χ0v) is 13.6. The van der Waals surface area contributed by atoms with E-state index in [4.69, 9.17) is 0 Å². The Labute approximate surface area is 135 Å². The van der Waals surface area contributed by atoms with Crippen molar-refractivity contribution in [2.24, 2.45) is 7.05 Å². The van der Waals surface area contributed by atoms with Crippen molar-refractivity contribution in [3.05, 3.63) is 41.2 Å². The fourth-order valence-corrected chi connectivity index (χ4v) is 2.99. The molecule has 1 aliphatic heterocycles. The number of fused-ring (bicyclic) bond motifs is 1. The molecule has 0 radical (unpaired) electrons. The van der Waals surface area contributed by atoms with Gasteiger partial charge in [-0.2, -0.15) is 5.10 Å². The first kappa shape index (κ1) is 15.3. The molecular formula is C17H20N4O2. The molecule has 1 aromatic carbocycles. The van der Waals surface area contributed by atoms with Crippen molar-refractivity contribution in [2.45, 2.75) is 26.7 Å². The lowest BCUT2D eigenvalue weighted by Gasteiger charge is -2.15. The molecule has 6 nitrogen and oxygen atoms in total. The van der Waals surface area contributed by atoms with E-state index < -0.39 is 0 Å². The molecule has 0 saturated carbocycles. The summed E-state index contributed by atoms with van der Waals surface area (Å²) in [6.45, 7) is 4.25. The molecule has 2 heterocycles. The maximum Gasteiger partial charge on any atom is 0.259 e. The van der Waals surface area contributed by atoms with Crippen molar-refractivity contribution in [1.29, 1.82) is 0 Å². The molecule has 0 saturated heterocycles. The quantitative estimate of drug-likeness (QED) is 0.944. The van der Waals surface area contributed by atoms with E-state index in [1.165, 1.54) is 0 Å². The van der Waals surface area contributed by atoms with Crippen LogP contribution in [0.1, 0.15) is 35.5 Å². The first-order valence-electron chi connectivity index (χ1n) is 7.74.